The number of anilines is 1. The van der Waals surface area contributed by atoms with Gasteiger partial charge in [-0.2, -0.15) is 15.3 Å². The van der Waals surface area contributed by atoms with Crippen LogP contribution in [0, 0.1) is 18.3 Å². The molecule has 4 heterocycles. The minimum atomic E-state index is 0.131. The van der Waals surface area contributed by atoms with Crippen LogP contribution >= 0.6 is 0 Å². The summed E-state index contributed by atoms with van der Waals surface area (Å²) in [6, 6.07) is 5.76. The van der Waals surface area contributed by atoms with Crippen LogP contribution in [0.1, 0.15) is 30.3 Å². The largest absolute Gasteiger partial charge is 0.459 e. The Morgan fingerprint density at radius 1 is 1.27 bits per heavy atom. The van der Waals surface area contributed by atoms with E-state index in [0.29, 0.717) is 17.5 Å². The van der Waals surface area contributed by atoms with Crippen LogP contribution in [0.5, 0.6) is 0 Å². The molecular weight excluding hydrogens is 334 g/mol. The fraction of sp³-hybridized carbons (Fsp3) is 0.412. The Morgan fingerprint density at radius 2 is 2.08 bits per heavy atom. The van der Waals surface area contributed by atoms with Crippen LogP contribution < -0.4 is 4.90 Å². The topological polar surface area (TPSA) is 111 Å². The molecule has 9 heteroatoms. The molecule has 134 valence electrons. The summed E-state index contributed by atoms with van der Waals surface area (Å²) in [6.07, 6.45) is 1.55. The first-order valence-electron chi connectivity index (χ1n) is 8.48. The number of oxazole rings is 1. The van der Waals surface area contributed by atoms with Crippen LogP contribution in [-0.4, -0.2) is 51.2 Å². The lowest BCUT2D eigenvalue weighted by molar-refractivity contribution is 0.189. The summed E-state index contributed by atoms with van der Waals surface area (Å²) < 4.78 is 11.1. The summed E-state index contributed by atoms with van der Waals surface area (Å²) in [5.74, 6) is 2.96. The summed E-state index contributed by atoms with van der Waals surface area (Å²) in [5.41, 5.74) is 0.280. The molecule has 9 nitrogen and oxygen atoms in total. The predicted molar refractivity (Wildman–Crippen MR) is 92.2 cm³/mol. The highest BCUT2D eigenvalue weighted by molar-refractivity contribution is 5.55. The van der Waals surface area contributed by atoms with E-state index in [2.05, 4.69) is 38.1 Å². The minimum Gasteiger partial charge on any atom is -0.459 e. The van der Waals surface area contributed by atoms with E-state index < -0.39 is 0 Å². The van der Waals surface area contributed by atoms with Gasteiger partial charge in [0.1, 0.15) is 11.9 Å². The Balaban J connectivity index is 1.47. The molecule has 0 saturated carbocycles. The third-order valence-corrected chi connectivity index (χ3v) is 4.58. The molecule has 4 rings (SSSR count). The van der Waals surface area contributed by atoms with Gasteiger partial charge in [-0.1, -0.05) is 0 Å². The van der Waals surface area contributed by atoms with Gasteiger partial charge in [0.2, 0.25) is 11.6 Å². The molecule has 1 unspecified atom stereocenters. The van der Waals surface area contributed by atoms with Crippen LogP contribution in [0.2, 0.25) is 0 Å². The summed E-state index contributed by atoms with van der Waals surface area (Å²) in [5, 5.41) is 16.5. The highest BCUT2D eigenvalue weighted by atomic mass is 16.4. The number of aryl methyl sites for hydroxylation is 1. The zero-order chi connectivity index (χ0) is 18.1. The van der Waals surface area contributed by atoms with Crippen molar-refractivity contribution in [1.29, 1.82) is 5.26 Å². The zero-order valence-electron chi connectivity index (χ0n) is 14.6. The summed E-state index contributed by atoms with van der Waals surface area (Å²) in [7, 11) is 0. The number of nitriles is 1. The molecule has 1 fully saturated rings. The quantitative estimate of drug-likeness (QED) is 0.759. The van der Waals surface area contributed by atoms with Crippen LogP contribution in [-0.2, 0) is 0 Å². The maximum atomic E-state index is 9.39. The van der Waals surface area contributed by atoms with E-state index in [0.717, 1.165) is 37.8 Å². The third-order valence-electron chi connectivity index (χ3n) is 4.58. The van der Waals surface area contributed by atoms with E-state index in [-0.39, 0.29) is 11.7 Å². The number of nitrogens with zero attached hydrogens (tertiary/aromatic N) is 6. The Hall–Kier alpha value is -3.12. The van der Waals surface area contributed by atoms with Gasteiger partial charge in [0.25, 0.3) is 5.89 Å². The monoisotopic (exact) mass is 353 g/mol. The lowest BCUT2D eigenvalue weighted by atomic mass is 10.2. The first kappa shape index (κ1) is 16.4. The highest BCUT2D eigenvalue weighted by Gasteiger charge is 2.28. The number of aromatic amines is 1. The Bertz CT molecular complexity index is 913. The fourth-order valence-electron chi connectivity index (χ4n) is 3.13. The third kappa shape index (κ3) is 2.95. The van der Waals surface area contributed by atoms with Crippen molar-refractivity contribution in [2.24, 2.45) is 0 Å². The van der Waals surface area contributed by atoms with Gasteiger partial charge >= 0.3 is 0 Å². The van der Waals surface area contributed by atoms with E-state index in [1.54, 1.807) is 18.4 Å². The second-order valence-corrected chi connectivity index (χ2v) is 6.24. The highest BCUT2D eigenvalue weighted by Crippen LogP contribution is 2.30. The molecular formula is C17H19N7O2. The molecule has 1 N–H and O–H groups in total. The number of rotatable bonds is 4. The van der Waals surface area contributed by atoms with Crippen molar-refractivity contribution in [2.75, 3.05) is 31.1 Å². The molecule has 1 aliphatic heterocycles. The minimum absolute atomic E-state index is 0.131. The predicted octanol–water partition coefficient (Wildman–Crippen LogP) is 2.12. The molecule has 1 atom stereocenters. The number of furan rings is 1. The SMILES string of the molecule is Cc1nc(C(C)N2CCN(c3oc(-c4ccco4)nc3C#N)CC2)n[nH]1. The lowest BCUT2D eigenvalue weighted by Gasteiger charge is -2.36. The Labute approximate surface area is 150 Å². The molecule has 0 aliphatic carbocycles. The van der Waals surface area contributed by atoms with E-state index in [1.165, 1.54) is 0 Å². The molecule has 0 amide bonds. The van der Waals surface area contributed by atoms with Crippen molar-refractivity contribution in [3.8, 4) is 17.7 Å². The van der Waals surface area contributed by atoms with Crippen molar-refractivity contribution >= 4 is 5.88 Å². The molecule has 1 saturated heterocycles. The number of piperazine rings is 1. The van der Waals surface area contributed by atoms with Crippen LogP contribution in [0.4, 0.5) is 5.88 Å². The molecule has 1 aliphatic rings. The van der Waals surface area contributed by atoms with Gasteiger partial charge in [-0.05, 0) is 26.0 Å². The van der Waals surface area contributed by atoms with Crippen LogP contribution in [0.15, 0.2) is 27.2 Å². The first-order valence-corrected chi connectivity index (χ1v) is 8.48. The Morgan fingerprint density at radius 3 is 2.69 bits per heavy atom. The lowest BCUT2D eigenvalue weighted by Crippen LogP contribution is -2.47. The van der Waals surface area contributed by atoms with E-state index >= 15 is 0 Å². The van der Waals surface area contributed by atoms with Gasteiger partial charge in [0, 0.05) is 26.2 Å². The summed E-state index contributed by atoms with van der Waals surface area (Å²) in [4.78, 5) is 13.0. The zero-order valence-corrected chi connectivity index (χ0v) is 14.6. The second kappa shape index (κ2) is 6.65. The van der Waals surface area contributed by atoms with Gasteiger partial charge in [-0.25, -0.2) is 4.98 Å². The van der Waals surface area contributed by atoms with Crippen molar-refractivity contribution in [1.82, 2.24) is 25.1 Å². The van der Waals surface area contributed by atoms with Gasteiger partial charge in [0.15, 0.2) is 11.6 Å². The number of H-pyrrole nitrogens is 1. The second-order valence-electron chi connectivity index (χ2n) is 6.24. The summed E-state index contributed by atoms with van der Waals surface area (Å²) >= 11 is 0. The van der Waals surface area contributed by atoms with Crippen LogP contribution in [0.25, 0.3) is 11.7 Å². The molecule has 3 aromatic rings. The van der Waals surface area contributed by atoms with Gasteiger partial charge < -0.3 is 13.7 Å². The van der Waals surface area contributed by atoms with Crippen molar-refractivity contribution in [3.05, 3.63) is 35.7 Å². The number of hydrogen-bond donors (Lipinski definition) is 1. The number of hydrogen-bond acceptors (Lipinski definition) is 8. The van der Waals surface area contributed by atoms with E-state index in [4.69, 9.17) is 8.83 Å². The van der Waals surface area contributed by atoms with Gasteiger partial charge in [-0.3, -0.25) is 10.00 Å². The summed E-state index contributed by atoms with van der Waals surface area (Å²) in [6.45, 7) is 7.09. The maximum Gasteiger partial charge on any atom is 0.266 e. The Kier molecular flexibility index (Phi) is 4.18. The molecule has 0 aromatic carbocycles. The average Bonchev–Trinajstić information content (AvgIpc) is 3.41. The average molecular weight is 353 g/mol. The molecule has 0 spiro atoms. The molecule has 0 bridgehead atoms. The van der Waals surface area contributed by atoms with Gasteiger partial charge in [-0.15, -0.1) is 0 Å². The molecule has 0 radical (unpaired) electrons. The number of nitrogens with one attached hydrogen (secondary N) is 1. The fourth-order valence-corrected chi connectivity index (χ4v) is 3.13. The first-order chi connectivity index (χ1) is 12.7. The smallest absolute Gasteiger partial charge is 0.266 e. The molecule has 26 heavy (non-hydrogen) atoms. The van der Waals surface area contributed by atoms with Crippen LogP contribution in [0.3, 0.4) is 0 Å². The normalized spacial score (nSPS) is 16.6. The number of aromatic nitrogens is 4. The van der Waals surface area contributed by atoms with Crippen molar-refractivity contribution < 1.29 is 8.83 Å². The van der Waals surface area contributed by atoms with Crippen molar-refractivity contribution in [2.45, 2.75) is 19.9 Å². The standard InChI is InChI=1S/C17H19N7O2/c1-11(15-19-12(2)21-22-15)23-5-7-24(8-6-23)17-13(10-18)20-16(26-17)14-4-3-9-25-14/h3-4,9,11H,5-8H2,1-2H3,(H,19,21,22). The van der Waals surface area contributed by atoms with Gasteiger partial charge in [0.05, 0.1) is 12.3 Å². The van der Waals surface area contributed by atoms with E-state index in [1.807, 2.05) is 11.8 Å². The molecule has 3 aromatic heterocycles. The van der Waals surface area contributed by atoms with Crippen molar-refractivity contribution in [3.63, 3.8) is 0 Å². The maximum absolute atomic E-state index is 9.39. The van der Waals surface area contributed by atoms with E-state index in [9.17, 15) is 5.26 Å².